The van der Waals surface area contributed by atoms with Crippen molar-refractivity contribution in [2.45, 2.75) is 32.6 Å². The van der Waals surface area contributed by atoms with Gasteiger partial charge in [-0.15, -0.1) is 0 Å². The van der Waals surface area contributed by atoms with Crippen LogP contribution in [0, 0.1) is 0 Å². The molecule has 2 aromatic rings. The molecule has 2 N–H and O–H groups in total. The average molecular weight is 282 g/mol. The van der Waals surface area contributed by atoms with Crippen LogP contribution in [0.25, 0.3) is 11.2 Å². The van der Waals surface area contributed by atoms with E-state index in [0.717, 1.165) is 0 Å². The van der Waals surface area contributed by atoms with Crippen molar-refractivity contribution in [3.63, 3.8) is 0 Å². The Morgan fingerprint density at radius 1 is 1.45 bits per heavy atom. The van der Waals surface area contributed by atoms with E-state index in [9.17, 15) is 14.7 Å². The number of rotatable bonds is 5. The van der Waals surface area contributed by atoms with Crippen molar-refractivity contribution < 1.29 is 9.84 Å². The van der Waals surface area contributed by atoms with Crippen molar-refractivity contribution in [3.8, 4) is 0 Å². The zero-order valence-electron chi connectivity index (χ0n) is 11.7. The Kier molecular flexibility index (Phi) is 4.05. The molecule has 0 amide bonds. The van der Waals surface area contributed by atoms with E-state index in [1.165, 1.54) is 22.5 Å². The molecule has 20 heavy (non-hydrogen) atoms. The van der Waals surface area contributed by atoms with Crippen molar-refractivity contribution >= 4 is 11.2 Å². The highest BCUT2D eigenvalue weighted by atomic mass is 16.5. The third-order valence-electron chi connectivity index (χ3n) is 2.91. The highest BCUT2D eigenvalue weighted by Gasteiger charge is 2.14. The van der Waals surface area contributed by atoms with Crippen LogP contribution in [-0.4, -0.2) is 43.0 Å². The van der Waals surface area contributed by atoms with Crippen LogP contribution in [0.15, 0.2) is 15.9 Å². The van der Waals surface area contributed by atoms with Gasteiger partial charge in [-0.2, -0.15) is 0 Å². The van der Waals surface area contributed by atoms with Crippen LogP contribution >= 0.6 is 0 Å². The smallest absolute Gasteiger partial charge is 0.329 e. The summed E-state index contributed by atoms with van der Waals surface area (Å²) < 4.78 is 8.08. The summed E-state index contributed by atoms with van der Waals surface area (Å²) in [6.07, 6.45) is 0.692. The number of aliphatic hydroxyl groups is 1. The molecule has 0 fully saturated rings. The molecule has 0 aliphatic rings. The van der Waals surface area contributed by atoms with E-state index in [4.69, 9.17) is 4.74 Å². The molecule has 0 saturated heterocycles. The molecule has 0 bridgehead atoms. The lowest BCUT2D eigenvalue weighted by molar-refractivity contribution is -0.000310. The molecule has 0 unspecified atom stereocenters. The van der Waals surface area contributed by atoms with Gasteiger partial charge in [-0.1, -0.05) is 0 Å². The Balaban J connectivity index is 2.30. The van der Waals surface area contributed by atoms with Crippen LogP contribution in [0.5, 0.6) is 0 Å². The van der Waals surface area contributed by atoms with Gasteiger partial charge in [0, 0.05) is 7.05 Å². The van der Waals surface area contributed by atoms with Crippen molar-refractivity contribution in [2.24, 2.45) is 7.05 Å². The summed E-state index contributed by atoms with van der Waals surface area (Å²) in [6.45, 7) is 4.09. The first-order valence-electron chi connectivity index (χ1n) is 6.34. The summed E-state index contributed by atoms with van der Waals surface area (Å²) in [5, 5.41) is 9.89. The van der Waals surface area contributed by atoms with E-state index in [1.54, 1.807) is 0 Å². The van der Waals surface area contributed by atoms with Crippen molar-refractivity contribution in [1.82, 2.24) is 19.1 Å². The zero-order valence-corrected chi connectivity index (χ0v) is 11.7. The molecular formula is C12H18N4O4. The van der Waals surface area contributed by atoms with E-state index in [2.05, 4.69) is 9.97 Å². The van der Waals surface area contributed by atoms with Gasteiger partial charge in [0.15, 0.2) is 11.2 Å². The number of aryl methyl sites for hydroxylation is 1. The molecule has 0 saturated carbocycles. The molecule has 2 aromatic heterocycles. The average Bonchev–Trinajstić information content (AvgIpc) is 2.78. The Labute approximate surface area is 114 Å². The van der Waals surface area contributed by atoms with Gasteiger partial charge in [-0.25, -0.2) is 9.78 Å². The number of H-pyrrole nitrogens is 1. The molecule has 0 aliphatic heterocycles. The van der Waals surface area contributed by atoms with Crippen LogP contribution in [0.1, 0.15) is 13.8 Å². The zero-order chi connectivity index (χ0) is 14.9. The predicted molar refractivity (Wildman–Crippen MR) is 72.7 cm³/mol. The Bertz CT molecular complexity index is 712. The predicted octanol–water partition coefficient (Wildman–Crippen LogP) is -0.791. The molecule has 2 heterocycles. The first-order chi connectivity index (χ1) is 9.40. The number of ether oxygens (including phenoxy) is 1. The van der Waals surface area contributed by atoms with Gasteiger partial charge < -0.3 is 14.4 Å². The fourth-order valence-corrected chi connectivity index (χ4v) is 1.91. The molecule has 8 nitrogen and oxygen atoms in total. The van der Waals surface area contributed by atoms with Gasteiger partial charge in [-0.3, -0.25) is 14.3 Å². The topological polar surface area (TPSA) is 102 Å². The van der Waals surface area contributed by atoms with Crippen molar-refractivity contribution in [3.05, 3.63) is 27.2 Å². The second-order valence-corrected chi connectivity index (χ2v) is 4.92. The van der Waals surface area contributed by atoms with E-state index < -0.39 is 17.4 Å². The molecule has 2 rings (SSSR count). The van der Waals surface area contributed by atoms with Gasteiger partial charge >= 0.3 is 5.69 Å². The Hall–Kier alpha value is -1.93. The molecule has 0 spiro atoms. The molecule has 110 valence electrons. The fraction of sp³-hybridized carbons (Fsp3) is 0.583. The monoisotopic (exact) mass is 282 g/mol. The largest absolute Gasteiger partial charge is 0.389 e. The summed E-state index contributed by atoms with van der Waals surface area (Å²) in [5.74, 6) is 0. The van der Waals surface area contributed by atoms with Crippen LogP contribution in [0.3, 0.4) is 0 Å². The minimum atomic E-state index is -0.758. The summed E-state index contributed by atoms with van der Waals surface area (Å²) in [6, 6.07) is 0. The normalized spacial score (nSPS) is 13.2. The first kappa shape index (κ1) is 14.5. The van der Waals surface area contributed by atoms with E-state index in [1.807, 2.05) is 13.8 Å². The van der Waals surface area contributed by atoms with Gasteiger partial charge in [0.05, 0.1) is 31.7 Å². The second-order valence-electron chi connectivity index (χ2n) is 4.92. The van der Waals surface area contributed by atoms with Gasteiger partial charge in [-0.05, 0) is 13.8 Å². The van der Waals surface area contributed by atoms with Gasteiger partial charge in [0.2, 0.25) is 0 Å². The molecular weight excluding hydrogens is 264 g/mol. The lowest BCUT2D eigenvalue weighted by Crippen LogP contribution is -2.30. The minimum absolute atomic E-state index is 0.0217. The highest BCUT2D eigenvalue weighted by molar-refractivity contribution is 5.69. The minimum Gasteiger partial charge on any atom is -0.389 e. The van der Waals surface area contributed by atoms with Crippen molar-refractivity contribution in [1.29, 1.82) is 0 Å². The van der Waals surface area contributed by atoms with Crippen LogP contribution in [0.4, 0.5) is 0 Å². The summed E-state index contributed by atoms with van der Waals surface area (Å²) in [7, 11) is 1.52. The third kappa shape index (κ3) is 2.81. The Morgan fingerprint density at radius 3 is 2.80 bits per heavy atom. The standard InChI is InChI=1S/C12H18N4O4/c1-7(2)20-5-8(17)4-16-6-13-10-9(16)11(18)14-12(19)15(10)3/h6-8,17H,4-5H2,1-3H3,(H,14,18,19)/t8-/m0/s1. The number of hydrogen-bond acceptors (Lipinski definition) is 5. The molecule has 1 atom stereocenters. The lowest BCUT2D eigenvalue weighted by atomic mass is 10.3. The number of nitrogens with one attached hydrogen (secondary N) is 1. The highest BCUT2D eigenvalue weighted by Crippen LogP contribution is 2.06. The summed E-state index contributed by atoms with van der Waals surface area (Å²) in [5.41, 5.74) is -0.486. The number of aliphatic hydroxyl groups excluding tert-OH is 1. The maximum atomic E-state index is 11.8. The third-order valence-corrected chi connectivity index (χ3v) is 2.91. The fourth-order valence-electron chi connectivity index (χ4n) is 1.91. The summed E-state index contributed by atoms with van der Waals surface area (Å²) in [4.78, 5) is 29.5. The molecule has 8 heteroatoms. The number of nitrogens with zero attached hydrogens (tertiary/aromatic N) is 3. The summed E-state index contributed by atoms with van der Waals surface area (Å²) >= 11 is 0. The number of hydrogen-bond donors (Lipinski definition) is 2. The first-order valence-corrected chi connectivity index (χ1v) is 6.34. The van der Waals surface area contributed by atoms with Crippen LogP contribution in [0.2, 0.25) is 0 Å². The lowest BCUT2D eigenvalue weighted by Gasteiger charge is -2.14. The quantitative estimate of drug-likeness (QED) is 0.748. The van der Waals surface area contributed by atoms with E-state index in [0.29, 0.717) is 0 Å². The number of aromatic nitrogens is 4. The second kappa shape index (κ2) is 5.59. The molecule has 0 aliphatic carbocycles. The van der Waals surface area contributed by atoms with Gasteiger partial charge in [0.25, 0.3) is 5.56 Å². The van der Waals surface area contributed by atoms with Crippen LogP contribution in [-0.2, 0) is 18.3 Å². The maximum absolute atomic E-state index is 11.8. The Morgan fingerprint density at radius 2 is 2.15 bits per heavy atom. The van der Waals surface area contributed by atoms with Gasteiger partial charge in [0.1, 0.15) is 0 Å². The van der Waals surface area contributed by atoms with Crippen molar-refractivity contribution in [2.75, 3.05) is 6.61 Å². The molecule has 0 aromatic carbocycles. The number of aromatic amines is 1. The maximum Gasteiger partial charge on any atom is 0.329 e. The van der Waals surface area contributed by atoms with Crippen LogP contribution < -0.4 is 11.2 Å². The van der Waals surface area contributed by atoms with E-state index >= 15 is 0 Å². The molecule has 0 radical (unpaired) electrons. The number of fused-ring (bicyclic) bond motifs is 1. The SMILES string of the molecule is CC(C)OC[C@@H](O)Cn1cnc2c1c(=O)[nH]c(=O)n2C. The number of imidazole rings is 1. The van der Waals surface area contributed by atoms with E-state index in [-0.39, 0.29) is 30.4 Å².